The second kappa shape index (κ2) is 3.54. The van der Waals surface area contributed by atoms with Gasteiger partial charge in [0.05, 0.1) is 6.04 Å². The average Bonchev–Trinajstić information content (AvgIpc) is 2.92. The Morgan fingerprint density at radius 3 is 2.60 bits per heavy atom. The highest BCUT2D eigenvalue weighted by Crippen LogP contribution is 2.43. The molecule has 0 aromatic heterocycles. The predicted molar refractivity (Wildman–Crippen MR) is 54.3 cm³/mol. The molecule has 1 aromatic rings. The SMILES string of the molecule is CNC(c1cc(F)ccc1F)C1(N)CC1. The van der Waals surface area contributed by atoms with Crippen molar-refractivity contribution < 1.29 is 8.78 Å². The van der Waals surface area contributed by atoms with Crippen molar-refractivity contribution in [3.63, 3.8) is 0 Å². The Morgan fingerprint density at radius 2 is 2.07 bits per heavy atom. The normalized spacial score (nSPS) is 20.0. The molecule has 1 aliphatic rings. The van der Waals surface area contributed by atoms with Gasteiger partial charge in [-0.1, -0.05) is 0 Å². The molecule has 2 rings (SSSR count). The Labute approximate surface area is 87.5 Å². The molecule has 1 aromatic carbocycles. The van der Waals surface area contributed by atoms with Crippen LogP contribution in [-0.4, -0.2) is 12.6 Å². The number of hydrogen-bond acceptors (Lipinski definition) is 2. The van der Waals surface area contributed by atoms with Crippen LogP contribution in [0.15, 0.2) is 18.2 Å². The zero-order chi connectivity index (χ0) is 11.1. The molecule has 1 atom stereocenters. The largest absolute Gasteiger partial charge is 0.323 e. The third-order valence-corrected chi connectivity index (χ3v) is 2.96. The molecule has 1 fully saturated rings. The molecule has 0 saturated heterocycles. The molecule has 1 unspecified atom stereocenters. The molecule has 1 aliphatic carbocycles. The monoisotopic (exact) mass is 212 g/mol. The van der Waals surface area contributed by atoms with E-state index in [1.807, 2.05) is 0 Å². The molecular weight excluding hydrogens is 198 g/mol. The van der Waals surface area contributed by atoms with Crippen molar-refractivity contribution in [2.45, 2.75) is 24.4 Å². The first kappa shape index (κ1) is 10.5. The summed E-state index contributed by atoms with van der Waals surface area (Å²) in [5.74, 6) is -0.844. The minimum atomic E-state index is -0.434. The number of rotatable bonds is 3. The van der Waals surface area contributed by atoms with Gasteiger partial charge in [-0.05, 0) is 38.1 Å². The fourth-order valence-electron chi connectivity index (χ4n) is 1.92. The third-order valence-electron chi connectivity index (χ3n) is 2.96. The first-order valence-corrected chi connectivity index (χ1v) is 4.98. The highest BCUT2D eigenvalue weighted by atomic mass is 19.1. The van der Waals surface area contributed by atoms with Gasteiger partial charge in [0.15, 0.2) is 0 Å². The molecule has 0 radical (unpaired) electrons. The van der Waals surface area contributed by atoms with Crippen LogP contribution in [0.2, 0.25) is 0 Å². The summed E-state index contributed by atoms with van der Waals surface area (Å²) in [5.41, 5.74) is 5.90. The van der Waals surface area contributed by atoms with E-state index in [0.717, 1.165) is 25.0 Å². The fourth-order valence-corrected chi connectivity index (χ4v) is 1.92. The van der Waals surface area contributed by atoms with E-state index < -0.39 is 17.2 Å². The minimum absolute atomic E-state index is 0.312. The molecule has 82 valence electrons. The molecule has 2 nitrogen and oxygen atoms in total. The number of nitrogens with one attached hydrogen (secondary N) is 1. The van der Waals surface area contributed by atoms with Crippen LogP contribution in [0.5, 0.6) is 0 Å². The van der Waals surface area contributed by atoms with Gasteiger partial charge in [0, 0.05) is 11.1 Å². The lowest BCUT2D eigenvalue weighted by Crippen LogP contribution is -2.38. The molecule has 15 heavy (non-hydrogen) atoms. The van der Waals surface area contributed by atoms with Crippen LogP contribution in [-0.2, 0) is 0 Å². The first-order chi connectivity index (χ1) is 7.07. The van der Waals surface area contributed by atoms with Gasteiger partial charge in [-0.3, -0.25) is 0 Å². The Bertz CT molecular complexity index is 375. The average molecular weight is 212 g/mol. The highest BCUT2D eigenvalue weighted by Gasteiger charge is 2.46. The van der Waals surface area contributed by atoms with E-state index in [9.17, 15) is 8.78 Å². The number of hydrogen-bond donors (Lipinski definition) is 2. The molecule has 0 heterocycles. The van der Waals surface area contributed by atoms with Gasteiger partial charge in [-0.15, -0.1) is 0 Å². The summed E-state index contributed by atoms with van der Waals surface area (Å²) in [6.07, 6.45) is 1.68. The number of halogens is 2. The van der Waals surface area contributed by atoms with Gasteiger partial charge in [0.1, 0.15) is 11.6 Å². The lowest BCUT2D eigenvalue weighted by Gasteiger charge is -2.23. The van der Waals surface area contributed by atoms with E-state index in [1.54, 1.807) is 7.05 Å². The maximum Gasteiger partial charge on any atom is 0.128 e. The minimum Gasteiger partial charge on any atom is -0.323 e. The van der Waals surface area contributed by atoms with E-state index in [4.69, 9.17) is 5.73 Å². The van der Waals surface area contributed by atoms with E-state index in [-0.39, 0.29) is 6.04 Å². The zero-order valence-electron chi connectivity index (χ0n) is 8.56. The standard InChI is InChI=1S/C11H14F2N2/c1-15-10(11(14)4-5-11)8-6-7(12)2-3-9(8)13/h2-3,6,10,15H,4-5,14H2,1H3. The van der Waals surface area contributed by atoms with Crippen LogP contribution in [0, 0.1) is 11.6 Å². The van der Waals surface area contributed by atoms with Crippen molar-refractivity contribution in [1.82, 2.24) is 5.32 Å². The van der Waals surface area contributed by atoms with Crippen molar-refractivity contribution in [3.8, 4) is 0 Å². The van der Waals surface area contributed by atoms with Gasteiger partial charge >= 0.3 is 0 Å². The van der Waals surface area contributed by atoms with Crippen LogP contribution in [0.1, 0.15) is 24.4 Å². The van der Waals surface area contributed by atoms with Crippen LogP contribution in [0.4, 0.5) is 8.78 Å². The molecule has 0 aliphatic heterocycles. The maximum absolute atomic E-state index is 13.5. The molecule has 0 bridgehead atoms. The Hall–Kier alpha value is -1.00. The van der Waals surface area contributed by atoms with E-state index >= 15 is 0 Å². The second-order valence-electron chi connectivity index (χ2n) is 4.12. The summed E-state index contributed by atoms with van der Waals surface area (Å²) in [6, 6.07) is 3.15. The molecule has 1 saturated carbocycles. The topological polar surface area (TPSA) is 38.0 Å². The van der Waals surface area contributed by atoms with Crippen molar-refractivity contribution in [3.05, 3.63) is 35.4 Å². The zero-order valence-corrected chi connectivity index (χ0v) is 8.56. The van der Waals surface area contributed by atoms with Crippen LogP contribution in [0.3, 0.4) is 0 Å². The first-order valence-electron chi connectivity index (χ1n) is 4.98. The van der Waals surface area contributed by atoms with E-state index in [2.05, 4.69) is 5.32 Å². The lowest BCUT2D eigenvalue weighted by atomic mass is 9.97. The van der Waals surface area contributed by atoms with E-state index in [0.29, 0.717) is 5.56 Å². The summed E-state index contributed by atoms with van der Waals surface area (Å²) in [6.45, 7) is 0. The van der Waals surface area contributed by atoms with Gasteiger partial charge in [-0.25, -0.2) is 8.78 Å². The van der Waals surface area contributed by atoms with Gasteiger partial charge < -0.3 is 11.1 Å². The second-order valence-corrected chi connectivity index (χ2v) is 4.12. The number of benzene rings is 1. The van der Waals surface area contributed by atoms with Crippen LogP contribution >= 0.6 is 0 Å². The van der Waals surface area contributed by atoms with Crippen molar-refractivity contribution >= 4 is 0 Å². The fraction of sp³-hybridized carbons (Fsp3) is 0.455. The maximum atomic E-state index is 13.5. The third kappa shape index (κ3) is 1.87. The summed E-state index contributed by atoms with van der Waals surface area (Å²) in [5, 5.41) is 2.96. The van der Waals surface area contributed by atoms with Gasteiger partial charge in [0.25, 0.3) is 0 Å². The smallest absolute Gasteiger partial charge is 0.128 e. The lowest BCUT2D eigenvalue weighted by molar-refractivity contribution is 0.437. The molecular formula is C11H14F2N2. The van der Waals surface area contributed by atoms with Crippen LogP contribution < -0.4 is 11.1 Å². The molecule has 0 spiro atoms. The molecule has 4 heteroatoms. The van der Waals surface area contributed by atoms with Crippen molar-refractivity contribution in [2.75, 3.05) is 7.05 Å². The Morgan fingerprint density at radius 1 is 1.40 bits per heavy atom. The van der Waals surface area contributed by atoms with Gasteiger partial charge in [0.2, 0.25) is 0 Å². The number of nitrogens with two attached hydrogens (primary N) is 1. The summed E-state index contributed by atoms with van der Waals surface area (Å²) < 4.78 is 26.5. The number of likely N-dealkylation sites (N-methyl/N-ethyl adjacent to an activating group) is 1. The van der Waals surface area contributed by atoms with E-state index in [1.165, 1.54) is 6.07 Å². The molecule has 0 amide bonds. The van der Waals surface area contributed by atoms with Crippen molar-refractivity contribution in [1.29, 1.82) is 0 Å². The van der Waals surface area contributed by atoms with Crippen molar-refractivity contribution in [2.24, 2.45) is 5.73 Å². The van der Waals surface area contributed by atoms with Crippen LogP contribution in [0.25, 0.3) is 0 Å². The summed E-state index contributed by atoms with van der Waals surface area (Å²) >= 11 is 0. The molecule has 3 N–H and O–H groups in total. The highest BCUT2D eigenvalue weighted by molar-refractivity contribution is 5.28. The summed E-state index contributed by atoms with van der Waals surface area (Å²) in [4.78, 5) is 0. The van der Waals surface area contributed by atoms with Gasteiger partial charge in [-0.2, -0.15) is 0 Å². The summed E-state index contributed by atoms with van der Waals surface area (Å²) in [7, 11) is 1.71. The Kier molecular flexibility index (Phi) is 2.48. The Balaban J connectivity index is 2.37. The predicted octanol–water partition coefficient (Wildman–Crippen LogP) is 1.72. The quantitative estimate of drug-likeness (QED) is 0.800.